The van der Waals surface area contributed by atoms with Gasteiger partial charge >= 0.3 is 0 Å². The van der Waals surface area contributed by atoms with Gasteiger partial charge in [0, 0.05) is 24.3 Å². The Kier molecular flexibility index (Phi) is 3.74. The van der Waals surface area contributed by atoms with Gasteiger partial charge in [-0.05, 0) is 49.4 Å². The Hall–Kier alpha value is -1.81. The summed E-state index contributed by atoms with van der Waals surface area (Å²) < 4.78 is 7.76. The highest BCUT2D eigenvalue weighted by atomic mass is 16.5. The fraction of sp³-hybridized carbons (Fsp3) is 0.438. The van der Waals surface area contributed by atoms with Gasteiger partial charge in [0.15, 0.2) is 0 Å². The number of benzene rings is 1. The van der Waals surface area contributed by atoms with Gasteiger partial charge in [-0.3, -0.25) is 4.68 Å². The summed E-state index contributed by atoms with van der Waals surface area (Å²) in [5.74, 6) is 0.894. The molecule has 0 bridgehead atoms. The van der Waals surface area contributed by atoms with Crippen LogP contribution in [0.2, 0.25) is 0 Å². The lowest BCUT2D eigenvalue weighted by molar-refractivity contribution is 0.305. The van der Waals surface area contributed by atoms with E-state index >= 15 is 0 Å². The van der Waals surface area contributed by atoms with Crippen molar-refractivity contribution in [3.05, 3.63) is 47.3 Å². The van der Waals surface area contributed by atoms with Crippen LogP contribution in [0.5, 0.6) is 5.75 Å². The van der Waals surface area contributed by atoms with Crippen molar-refractivity contribution in [3.8, 4) is 5.75 Å². The minimum Gasteiger partial charge on any atom is -0.489 e. The second-order valence-corrected chi connectivity index (χ2v) is 5.35. The first-order valence-corrected chi connectivity index (χ1v) is 7.29. The fourth-order valence-electron chi connectivity index (χ4n) is 2.72. The molecule has 3 rings (SSSR count). The lowest BCUT2D eigenvalue weighted by Gasteiger charge is -2.22. The SMILES string of the molecule is CCn1cc(COc2ccc3c(c2)[C@H](N)CCC3)cn1. The number of ether oxygens (including phenoxy) is 1. The Morgan fingerprint density at radius 2 is 2.35 bits per heavy atom. The highest BCUT2D eigenvalue weighted by Gasteiger charge is 2.17. The first-order chi connectivity index (χ1) is 9.76. The Balaban J connectivity index is 1.70. The summed E-state index contributed by atoms with van der Waals surface area (Å²) in [7, 11) is 0. The molecule has 2 aromatic rings. The Morgan fingerprint density at radius 1 is 1.45 bits per heavy atom. The van der Waals surface area contributed by atoms with E-state index in [2.05, 4.69) is 24.2 Å². The van der Waals surface area contributed by atoms with E-state index in [1.165, 1.54) is 17.5 Å². The monoisotopic (exact) mass is 271 g/mol. The molecule has 0 fully saturated rings. The van der Waals surface area contributed by atoms with Crippen molar-refractivity contribution in [1.82, 2.24) is 9.78 Å². The number of rotatable bonds is 4. The van der Waals surface area contributed by atoms with Crippen molar-refractivity contribution >= 4 is 0 Å². The highest BCUT2D eigenvalue weighted by molar-refractivity contribution is 5.39. The second kappa shape index (κ2) is 5.67. The molecule has 1 heterocycles. The molecular weight excluding hydrogens is 250 g/mol. The van der Waals surface area contributed by atoms with Crippen LogP contribution in [0.4, 0.5) is 0 Å². The van der Waals surface area contributed by atoms with Crippen molar-refractivity contribution in [2.75, 3.05) is 0 Å². The lowest BCUT2D eigenvalue weighted by Crippen LogP contribution is -2.17. The summed E-state index contributed by atoms with van der Waals surface area (Å²) in [4.78, 5) is 0. The van der Waals surface area contributed by atoms with Crippen LogP contribution in [-0.2, 0) is 19.6 Å². The van der Waals surface area contributed by atoms with Crippen LogP contribution in [0, 0.1) is 0 Å². The molecule has 1 atom stereocenters. The van der Waals surface area contributed by atoms with Crippen LogP contribution in [0.15, 0.2) is 30.6 Å². The molecule has 0 radical (unpaired) electrons. The molecule has 0 spiro atoms. The first-order valence-electron chi connectivity index (χ1n) is 7.29. The molecule has 1 aliphatic rings. The maximum atomic E-state index is 6.17. The molecule has 2 N–H and O–H groups in total. The number of aromatic nitrogens is 2. The summed E-state index contributed by atoms with van der Waals surface area (Å²) in [6, 6.07) is 6.45. The predicted molar refractivity (Wildman–Crippen MR) is 78.5 cm³/mol. The van der Waals surface area contributed by atoms with E-state index in [1.807, 2.05) is 23.1 Å². The van der Waals surface area contributed by atoms with Gasteiger partial charge in [0.05, 0.1) is 6.20 Å². The van der Waals surface area contributed by atoms with Crippen LogP contribution in [0.3, 0.4) is 0 Å². The zero-order chi connectivity index (χ0) is 13.9. The summed E-state index contributed by atoms with van der Waals surface area (Å²) in [6.07, 6.45) is 7.26. The maximum Gasteiger partial charge on any atom is 0.120 e. The Bertz CT molecular complexity index is 591. The average Bonchev–Trinajstić information content (AvgIpc) is 2.94. The Labute approximate surface area is 119 Å². The van der Waals surface area contributed by atoms with Gasteiger partial charge in [-0.25, -0.2) is 0 Å². The number of nitrogens with zero attached hydrogens (tertiary/aromatic N) is 2. The van der Waals surface area contributed by atoms with Crippen LogP contribution >= 0.6 is 0 Å². The molecule has 106 valence electrons. The normalized spacial score (nSPS) is 17.8. The van der Waals surface area contributed by atoms with Gasteiger partial charge in [0.1, 0.15) is 12.4 Å². The van der Waals surface area contributed by atoms with Crippen molar-refractivity contribution < 1.29 is 4.74 Å². The number of hydrogen-bond acceptors (Lipinski definition) is 3. The molecule has 20 heavy (non-hydrogen) atoms. The highest BCUT2D eigenvalue weighted by Crippen LogP contribution is 2.31. The summed E-state index contributed by atoms with van der Waals surface area (Å²) in [5.41, 5.74) is 9.88. The minimum absolute atomic E-state index is 0.158. The van der Waals surface area contributed by atoms with Gasteiger partial charge in [-0.1, -0.05) is 6.07 Å². The summed E-state index contributed by atoms with van der Waals surface area (Å²) in [6.45, 7) is 3.50. The zero-order valence-electron chi connectivity index (χ0n) is 11.9. The van der Waals surface area contributed by atoms with Gasteiger partial charge in [0.25, 0.3) is 0 Å². The molecule has 0 saturated carbocycles. The molecule has 0 amide bonds. The average molecular weight is 271 g/mol. The number of hydrogen-bond donors (Lipinski definition) is 1. The number of aryl methyl sites for hydroxylation is 2. The third kappa shape index (κ3) is 2.70. The molecule has 1 aromatic heterocycles. The van der Waals surface area contributed by atoms with E-state index in [-0.39, 0.29) is 6.04 Å². The van der Waals surface area contributed by atoms with E-state index in [4.69, 9.17) is 10.5 Å². The van der Waals surface area contributed by atoms with Crippen molar-refractivity contribution in [3.63, 3.8) is 0 Å². The van der Waals surface area contributed by atoms with Crippen molar-refractivity contribution in [1.29, 1.82) is 0 Å². The third-order valence-corrected chi connectivity index (χ3v) is 3.89. The fourth-order valence-corrected chi connectivity index (χ4v) is 2.72. The summed E-state index contributed by atoms with van der Waals surface area (Å²) >= 11 is 0. The van der Waals surface area contributed by atoms with Crippen LogP contribution in [-0.4, -0.2) is 9.78 Å². The second-order valence-electron chi connectivity index (χ2n) is 5.35. The van der Waals surface area contributed by atoms with Gasteiger partial charge in [-0.15, -0.1) is 0 Å². The summed E-state index contributed by atoms with van der Waals surface area (Å²) in [5, 5.41) is 4.25. The molecule has 4 nitrogen and oxygen atoms in total. The van der Waals surface area contributed by atoms with E-state index < -0.39 is 0 Å². The quantitative estimate of drug-likeness (QED) is 0.930. The molecule has 0 unspecified atom stereocenters. The minimum atomic E-state index is 0.158. The van der Waals surface area contributed by atoms with Crippen molar-refractivity contribution in [2.45, 2.75) is 45.4 Å². The Morgan fingerprint density at radius 3 is 3.15 bits per heavy atom. The van der Waals surface area contributed by atoms with Gasteiger partial charge in [0.2, 0.25) is 0 Å². The molecular formula is C16H21N3O. The van der Waals surface area contributed by atoms with Gasteiger partial charge < -0.3 is 10.5 Å². The largest absolute Gasteiger partial charge is 0.489 e. The third-order valence-electron chi connectivity index (χ3n) is 3.89. The van der Waals surface area contributed by atoms with E-state index in [1.54, 1.807) is 0 Å². The topological polar surface area (TPSA) is 53.1 Å². The molecule has 4 heteroatoms. The van der Waals surface area contributed by atoms with Crippen LogP contribution < -0.4 is 10.5 Å². The first kappa shape index (κ1) is 13.2. The van der Waals surface area contributed by atoms with Crippen molar-refractivity contribution in [2.24, 2.45) is 5.73 Å². The number of nitrogens with two attached hydrogens (primary N) is 1. The van der Waals surface area contributed by atoms with E-state index in [0.29, 0.717) is 6.61 Å². The van der Waals surface area contributed by atoms with Gasteiger partial charge in [-0.2, -0.15) is 5.10 Å². The predicted octanol–water partition coefficient (Wildman–Crippen LogP) is 2.82. The molecule has 0 aliphatic heterocycles. The molecule has 0 saturated heterocycles. The van der Waals surface area contributed by atoms with E-state index in [9.17, 15) is 0 Å². The van der Waals surface area contributed by atoms with Crippen LogP contribution in [0.25, 0.3) is 0 Å². The maximum absolute atomic E-state index is 6.17. The van der Waals surface area contributed by atoms with E-state index in [0.717, 1.165) is 30.7 Å². The molecule has 1 aromatic carbocycles. The standard InChI is InChI=1S/C16H21N3O/c1-2-19-10-12(9-18-19)11-20-14-7-6-13-4-3-5-16(17)15(13)8-14/h6-10,16H,2-5,11,17H2,1H3/t16-/m1/s1. The van der Waals surface area contributed by atoms with Crippen LogP contribution in [0.1, 0.15) is 42.5 Å². The smallest absolute Gasteiger partial charge is 0.120 e. The lowest BCUT2D eigenvalue weighted by atomic mass is 9.88. The molecule has 1 aliphatic carbocycles. The zero-order valence-corrected chi connectivity index (χ0v) is 11.9. The number of fused-ring (bicyclic) bond motifs is 1.